The van der Waals surface area contributed by atoms with Crippen LogP contribution in [0, 0.1) is 23.3 Å². The Hall–Kier alpha value is -4.41. The molecule has 11 heteroatoms. The van der Waals surface area contributed by atoms with Gasteiger partial charge < -0.3 is 19.9 Å². The minimum absolute atomic E-state index is 0.0276. The monoisotopic (exact) mass is 485 g/mol. The molecular formula is C24H15F4N3O4. The molecule has 2 bridgehead atoms. The third-order valence-electron chi connectivity index (χ3n) is 5.93. The van der Waals surface area contributed by atoms with Gasteiger partial charge in [-0.3, -0.25) is 14.4 Å². The molecule has 0 unspecified atom stereocenters. The van der Waals surface area contributed by atoms with E-state index in [1.54, 1.807) is 6.08 Å². The molecule has 2 aliphatic heterocycles. The van der Waals surface area contributed by atoms with Crippen LogP contribution < -0.4 is 15.6 Å². The summed E-state index contributed by atoms with van der Waals surface area (Å²) in [5.74, 6) is -6.85. The van der Waals surface area contributed by atoms with E-state index < -0.39 is 63.9 Å². The molecule has 0 saturated heterocycles. The summed E-state index contributed by atoms with van der Waals surface area (Å²) in [6, 6.07) is 4.80. The molecule has 0 fully saturated rings. The predicted octanol–water partition coefficient (Wildman–Crippen LogP) is 3.10. The smallest absolute Gasteiger partial charge is 0.279 e. The first-order valence-electron chi connectivity index (χ1n) is 10.4. The Morgan fingerprint density at radius 2 is 1.74 bits per heavy atom. The second-order valence-corrected chi connectivity index (χ2v) is 8.03. The maximum absolute atomic E-state index is 13.9. The molecule has 0 saturated carbocycles. The Kier molecular flexibility index (Phi) is 5.19. The van der Waals surface area contributed by atoms with Gasteiger partial charge in [-0.2, -0.15) is 0 Å². The third-order valence-corrected chi connectivity index (χ3v) is 5.93. The second-order valence-electron chi connectivity index (χ2n) is 8.03. The first kappa shape index (κ1) is 22.4. The Bertz CT molecular complexity index is 1510. The van der Waals surface area contributed by atoms with Crippen molar-refractivity contribution >= 4 is 23.2 Å². The van der Waals surface area contributed by atoms with Gasteiger partial charge in [0.25, 0.3) is 11.8 Å². The van der Waals surface area contributed by atoms with Gasteiger partial charge >= 0.3 is 0 Å². The fourth-order valence-corrected chi connectivity index (χ4v) is 4.20. The highest BCUT2D eigenvalue weighted by Gasteiger charge is 2.35. The molecule has 2 aromatic carbocycles. The lowest BCUT2D eigenvalue weighted by atomic mass is 10.1. The number of nitrogens with one attached hydrogen (secondary N) is 1. The van der Waals surface area contributed by atoms with Crippen molar-refractivity contribution in [1.29, 1.82) is 0 Å². The Morgan fingerprint density at radius 3 is 2.46 bits per heavy atom. The summed E-state index contributed by atoms with van der Waals surface area (Å²) in [5.41, 5.74) is -1.36. The van der Waals surface area contributed by atoms with Crippen molar-refractivity contribution in [3.05, 3.63) is 98.5 Å². The number of nitrogens with zero attached hydrogens (tertiary/aromatic N) is 2. The number of fused-ring (bicyclic) bond motifs is 6. The summed E-state index contributed by atoms with van der Waals surface area (Å²) in [6.07, 6.45) is 2.97. The molecule has 0 radical (unpaired) electrons. The number of benzene rings is 2. The maximum Gasteiger partial charge on any atom is 0.279 e. The van der Waals surface area contributed by atoms with E-state index in [4.69, 9.17) is 0 Å². The molecule has 3 aromatic rings. The number of amides is 2. The largest absolute Gasteiger partial charge is 0.503 e. The number of hydrogen-bond donors (Lipinski definition) is 2. The average Bonchev–Trinajstić information content (AvgIpc) is 2.96. The van der Waals surface area contributed by atoms with Crippen molar-refractivity contribution in [2.24, 2.45) is 0 Å². The van der Waals surface area contributed by atoms with E-state index in [1.807, 2.05) is 0 Å². The Labute approximate surface area is 194 Å². The highest BCUT2D eigenvalue weighted by Crippen LogP contribution is 2.35. The second kappa shape index (κ2) is 8.12. The van der Waals surface area contributed by atoms with Crippen LogP contribution in [0.3, 0.4) is 0 Å². The molecule has 3 heterocycles. The number of halogens is 4. The predicted molar refractivity (Wildman–Crippen MR) is 116 cm³/mol. The number of rotatable bonds is 3. The number of aromatic nitrogens is 1. The van der Waals surface area contributed by atoms with E-state index in [0.29, 0.717) is 29.1 Å². The quantitative estimate of drug-likeness (QED) is 0.558. The zero-order chi connectivity index (χ0) is 25.0. The van der Waals surface area contributed by atoms with Crippen molar-refractivity contribution in [1.82, 2.24) is 9.88 Å². The first-order chi connectivity index (χ1) is 16.7. The van der Waals surface area contributed by atoms with Gasteiger partial charge in [0.2, 0.25) is 5.43 Å². The van der Waals surface area contributed by atoms with Crippen LogP contribution in [0.2, 0.25) is 0 Å². The van der Waals surface area contributed by atoms with E-state index in [2.05, 4.69) is 5.32 Å². The lowest BCUT2D eigenvalue weighted by Crippen LogP contribution is -2.42. The Morgan fingerprint density at radius 1 is 1.03 bits per heavy atom. The molecule has 178 valence electrons. The molecule has 2 amide bonds. The zero-order valence-corrected chi connectivity index (χ0v) is 17.7. The van der Waals surface area contributed by atoms with Crippen molar-refractivity contribution in [3.63, 3.8) is 0 Å². The number of allylic oxidation sites excluding steroid dienone is 1. The van der Waals surface area contributed by atoms with E-state index in [-0.39, 0.29) is 18.7 Å². The molecule has 35 heavy (non-hydrogen) atoms. The van der Waals surface area contributed by atoms with Gasteiger partial charge in [-0.05, 0) is 30.2 Å². The molecule has 1 aromatic heterocycles. The summed E-state index contributed by atoms with van der Waals surface area (Å²) in [4.78, 5) is 39.9. The topological polar surface area (TPSA) is 91.6 Å². The van der Waals surface area contributed by atoms with Crippen molar-refractivity contribution in [3.8, 4) is 5.75 Å². The van der Waals surface area contributed by atoms with Gasteiger partial charge in [0.1, 0.15) is 28.8 Å². The maximum atomic E-state index is 13.9. The van der Waals surface area contributed by atoms with Gasteiger partial charge in [-0.15, -0.1) is 0 Å². The van der Waals surface area contributed by atoms with Crippen LogP contribution in [-0.2, 0) is 13.0 Å². The summed E-state index contributed by atoms with van der Waals surface area (Å²) in [6.45, 7) is -0.672. The normalized spacial score (nSPS) is 14.1. The molecule has 2 N–H and O–H groups in total. The van der Waals surface area contributed by atoms with Gasteiger partial charge in [0.15, 0.2) is 11.4 Å². The molecule has 5 rings (SSSR count). The zero-order valence-electron chi connectivity index (χ0n) is 17.7. The number of aromatic hydroxyl groups is 1. The van der Waals surface area contributed by atoms with E-state index in [9.17, 15) is 37.1 Å². The van der Waals surface area contributed by atoms with Crippen LogP contribution in [0.15, 0.2) is 47.4 Å². The first-order valence-corrected chi connectivity index (χ1v) is 10.4. The van der Waals surface area contributed by atoms with Crippen LogP contribution >= 0.6 is 0 Å². The summed E-state index contributed by atoms with van der Waals surface area (Å²) in [7, 11) is 0. The van der Waals surface area contributed by atoms with E-state index in [0.717, 1.165) is 6.20 Å². The standard InChI is InChI=1S/C24H15F4N3O4/c25-12-2-4-19-11(5-12)1-3-14-9-31(19)24(35)20-22(33)21(32)16(10-30(14)20)23(34)29-8-15-17(27)6-13(26)7-18(15)28/h2-7,10,33H,1,8-9H2,(H,29,34). The average molecular weight is 485 g/mol. The minimum atomic E-state index is -1.22. The van der Waals surface area contributed by atoms with E-state index in [1.165, 1.54) is 27.7 Å². The summed E-state index contributed by atoms with van der Waals surface area (Å²) >= 11 is 0. The highest BCUT2D eigenvalue weighted by atomic mass is 19.1. The third kappa shape index (κ3) is 3.65. The lowest BCUT2D eigenvalue weighted by molar-refractivity contribution is 0.0940. The van der Waals surface area contributed by atoms with E-state index >= 15 is 0 Å². The van der Waals surface area contributed by atoms with Crippen LogP contribution in [0.1, 0.15) is 32.0 Å². The van der Waals surface area contributed by atoms with Crippen LogP contribution in [-0.4, -0.2) is 28.0 Å². The highest BCUT2D eigenvalue weighted by molar-refractivity contribution is 6.11. The van der Waals surface area contributed by atoms with Crippen LogP contribution in [0.5, 0.6) is 5.75 Å². The van der Waals surface area contributed by atoms with Crippen molar-refractivity contribution in [2.45, 2.75) is 13.0 Å². The van der Waals surface area contributed by atoms with Gasteiger partial charge in [0, 0.05) is 41.8 Å². The minimum Gasteiger partial charge on any atom is -0.503 e. The SMILES string of the molecule is O=C(NCc1c(F)cc(F)cc1F)c1cn2c(c(O)c1=O)C(=O)N1CC2=CCc2cc(F)ccc21. The summed E-state index contributed by atoms with van der Waals surface area (Å²) < 4.78 is 55.8. The number of pyridine rings is 1. The lowest BCUT2D eigenvalue weighted by Gasteiger charge is -2.31. The molecule has 0 atom stereocenters. The number of anilines is 1. The van der Waals surface area contributed by atoms with Gasteiger partial charge in [0.05, 0.1) is 6.54 Å². The number of carbonyl (C=O) groups excluding carboxylic acids is 2. The molecule has 7 nitrogen and oxygen atoms in total. The number of hydrogen-bond acceptors (Lipinski definition) is 4. The van der Waals surface area contributed by atoms with Crippen molar-refractivity contribution in [2.75, 3.05) is 11.4 Å². The molecular weight excluding hydrogens is 470 g/mol. The Balaban J connectivity index is 1.53. The molecule has 0 aliphatic carbocycles. The van der Waals surface area contributed by atoms with Crippen LogP contribution in [0.25, 0.3) is 5.70 Å². The molecule has 0 spiro atoms. The summed E-state index contributed by atoms with van der Waals surface area (Å²) in [5, 5.41) is 12.7. The fourth-order valence-electron chi connectivity index (χ4n) is 4.20. The fraction of sp³-hybridized carbons (Fsp3) is 0.125. The van der Waals surface area contributed by atoms with Crippen LogP contribution in [0.4, 0.5) is 23.2 Å². The van der Waals surface area contributed by atoms with Gasteiger partial charge in [-0.1, -0.05) is 6.08 Å². The van der Waals surface area contributed by atoms with Crippen molar-refractivity contribution < 1.29 is 32.3 Å². The van der Waals surface area contributed by atoms with Gasteiger partial charge in [-0.25, -0.2) is 17.6 Å². The molecule has 2 aliphatic rings. The number of carbonyl (C=O) groups is 2.